The van der Waals surface area contributed by atoms with E-state index in [1.807, 2.05) is 13.8 Å². The van der Waals surface area contributed by atoms with Gasteiger partial charge in [0, 0.05) is 14.1 Å². The zero-order valence-corrected chi connectivity index (χ0v) is 11.0. The number of imidazole rings is 1. The van der Waals surface area contributed by atoms with Crippen LogP contribution in [0.3, 0.4) is 0 Å². The molecule has 0 aliphatic carbocycles. The summed E-state index contributed by atoms with van der Waals surface area (Å²) in [4.78, 5) is 11.6. The molecule has 16 heavy (non-hydrogen) atoms. The average molecular weight is 220 g/mol. The number of aromatic nitrogens is 2. The molecule has 0 aliphatic heterocycles. The summed E-state index contributed by atoms with van der Waals surface area (Å²) < 4.78 is 3.36. The Balaban J connectivity index is 0.000000606. The summed E-state index contributed by atoms with van der Waals surface area (Å²) >= 11 is 0. The number of hydrogen-bond donors (Lipinski definition) is 0. The van der Waals surface area contributed by atoms with Crippen molar-refractivity contribution in [3.05, 3.63) is 33.7 Å². The Morgan fingerprint density at radius 3 is 1.50 bits per heavy atom. The summed E-state index contributed by atoms with van der Waals surface area (Å²) in [5, 5.41) is 0. The van der Waals surface area contributed by atoms with E-state index in [2.05, 4.69) is 26.0 Å². The second kappa shape index (κ2) is 4.56. The maximum Gasteiger partial charge on any atom is 0.328 e. The number of hydrogen-bond acceptors (Lipinski definition) is 1. The zero-order valence-electron chi connectivity index (χ0n) is 11.0. The van der Waals surface area contributed by atoms with Crippen LogP contribution in [0.4, 0.5) is 0 Å². The summed E-state index contributed by atoms with van der Waals surface area (Å²) in [6.45, 7) is 8.12. The number of nitrogens with zero attached hydrogens (tertiary/aromatic N) is 2. The summed E-state index contributed by atoms with van der Waals surface area (Å²) in [5.41, 5.74) is 4.48. The molecule has 3 heteroatoms. The van der Waals surface area contributed by atoms with E-state index in [4.69, 9.17) is 0 Å². The van der Waals surface area contributed by atoms with E-state index in [1.54, 1.807) is 23.2 Å². The van der Waals surface area contributed by atoms with E-state index in [9.17, 15) is 4.79 Å². The summed E-state index contributed by atoms with van der Waals surface area (Å²) in [6, 6.07) is 4.12. The minimum atomic E-state index is 0.0324. The number of benzene rings is 1. The summed E-state index contributed by atoms with van der Waals surface area (Å²) in [6.07, 6.45) is 0. The van der Waals surface area contributed by atoms with Crippen molar-refractivity contribution in [3.63, 3.8) is 0 Å². The Morgan fingerprint density at radius 2 is 1.19 bits per heavy atom. The third kappa shape index (κ3) is 1.77. The van der Waals surface area contributed by atoms with Crippen molar-refractivity contribution in [2.75, 3.05) is 0 Å². The predicted molar refractivity (Wildman–Crippen MR) is 69.0 cm³/mol. The minimum absolute atomic E-state index is 0.0324. The standard InChI is InChI=1S/C11H14N2O.C2H6/c1-7-5-9-10(6-8(7)2)13(4)11(14)12(9)3;1-2/h5-6H,1-4H3;1-2H3. The topological polar surface area (TPSA) is 26.9 Å². The molecule has 1 heterocycles. The first-order valence-electron chi connectivity index (χ1n) is 5.65. The van der Waals surface area contributed by atoms with Crippen molar-refractivity contribution in [1.82, 2.24) is 9.13 Å². The third-order valence-electron chi connectivity index (χ3n) is 2.89. The lowest BCUT2D eigenvalue weighted by Gasteiger charge is -2.01. The second-order valence-corrected chi connectivity index (χ2v) is 3.83. The molecule has 3 nitrogen and oxygen atoms in total. The maximum absolute atomic E-state index is 11.6. The van der Waals surface area contributed by atoms with Crippen LogP contribution >= 0.6 is 0 Å². The fourth-order valence-corrected chi connectivity index (χ4v) is 1.75. The molecular formula is C13H20N2O. The van der Waals surface area contributed by atoms with Crippen LogP contribution in [0, 0.1) is 13.8 Å². The quantitative estimate of drug-likeness (QED) is 0.670. The first kappa shape index (κ1) is 12.6. The van der Waals surface area contributed by atoms with E-state index in [-0.39, 0.29) is 5.69 Å². The third-order valence-corrected chi connectivity index (χ3v) is 2.89. The lowest BCUT2D eigenvalue weighted by Crippen LogP contribution is -2.19. The Hall–Kier alpha value is -1.51. The van der Waals surface area contributed by atoms with E-state index in [1.165, 1.54) is 11.1 Å². The van der Waals surface area contributed by atoms with Gasteiger partial charge in [-0.15, -0.1) is 0 Å². The van der Waals surface area contributed by atoms with Crippen molar-refractivity contribution in [3.8, 4) is 0 Å². The highest BCUT2D eigenvalue weighted by Gasteiger charge is 2.08. The molecule has 88 valence electrons. The summed E-state index contributed by atoms with van der Waals surface area (Å²) in [7, 11) is 3.61. The monoisotopic (exact) mass is 220 g/mol. The van der Waals surface area contributed by atoms with Crippen LogP contribution in [0.15, 0.2) is 16.9 Å². The molecule has 0 bridgehead atoms. The highest BCUT2D eigenvalue weighted by atomic mass is 16.1. The number of fused-ring (bicyclic) bond motifs is 1. The van der Waals surface area contributed by atoms with Gasteiger partial charge in [0.05, 0.1) is 11.0 Å². The fraction of sp³-hybridized carbons (Fsp3) is 0.462. The van der Waals surface area contributed by atoms with Gasteiger partial charge < -0.3 is 0 Å². The van der Waals surface area contributed by atoms with Gasteiger partial charge in [0.1, 0.15) is 0 Å². The van der Waals surface area contributed by atoms with Crippen molar-refractivity contribution in [2.24, 2.45) is 14.1 Å². The highest BCUT2D eigenvalue weighted by Crippen LogP contribution is 2.17. The van der Waals surface area contributed by atoms with Gasteiger partial charge in [-0.3, -0.25) is 9.13 Å². The molecule has 0 aliphatic rings. The molecule has 1 aromatic heterocycles. The molecule has 0 spiro atoms. The van der Waals surface area contributed by atoms with Gasteiger partial charge in [0.25, 0.3) is 0 Å². The Morgan fingerprint density at radius 1 is 0.875 bits per heavy atom. The van der Waals surface area contributed by atoms with Crippen LogP contribution < -0.4 is 5.69 Å². The van der Waals surface area contributed by atoms with Crippen molar-refractivity contribution in [1.29, 1.82) is 0 Å². The second-order valence-electron chi connectivity index (χ2n) is 3.83. The van der Waals surface area contributed by atoms with Crippen molar-refractivity contribution >= 4 is 11.0 Å². The van der Waals surface area contributed by atoms with Gasteiger partial charge in [-0.1, -0.05) is 13.8 Å². The molecule has 0 N–H and O–H groups in total. The van der Waals surface area contributed by atoms with E-state index >= 15 is 0 Å². The maximum atomic E-state index is 11.6. The van der Waals surface area contributed by atoms with Crippen LogP contribution in [0.5, 0.6) is 0 Å². The van der Waals surface area contributed by atoms with Gasteiger partial charge in [-0.25, -0.2) is 4.79 Å². The number of rotatable bonds is 0. The lowest BCUT2D eigenvalue weighted by molar-refractivity contribution is 0.795. The SMILES string of the molecule is CC.Cc1cc2c(cc1C)n(C)c(=O)n2C. The van der Waals surface area contributed by atoms with Gasteiger partial charge in [0.2, 0.25) is 0 Å². The predicted octanol–water partition coefficient (Wildman–Crippen LogP) is 2.52. The average Bonchev–Trinajstić information content (AvgIpc) is 2.49. The molecule has 2 rings (SSSR count). The first-order chi connectivity index (χ1) is 7.52. The van der Waals surface area contributed by atoms with Crippen LogP contribution in [-0.4, -0.2) is 9.13 Å². The van der Waals surface area contributed by atoms with Gasteiger partial charge in [-0.2, -0.15) is 0 Å². The van der Waals surface area contributed by atoms with Gasteiger partial charge in [0.15, 0.2) is 0 Å². The van der Waals surface area contributed by atoms with Crippen molar-refractivity contribution < 1.29 is 0 Å². The smallest absolute Gasteiger partial charge is 0.295 e. The molecule has 0 atom stereocenters. The molecule has 0 saturated carbocycles. The lowest BCUT2D eigenvalue weighted by atomic mass is 10.1. The van der Waals surface area contributed by atoms with Crippen LogP contribution in [-0.2, 0) is 14.1 Å². The molecule has 0 saturated heterocycles. The first-order valence-corrected chi connectivity index (χ1v) is 5.65. The van der Waals surface area contributed by atoms with E-state index in [0.29, 0.717) is 0 Å². The van der Waals surface area contributed by atoms with Gasteiger partial charge >= 0.3 is 5.69 Å². The van der Waals surface area contributed by atoms with Gasteiger partial charge in [-0.05, 0) is 37.1 Å². The van der Waals surface area contributed by atoms with Crippen LogP contribution in [0.1, 0.15) is 25.0 Å². The molecular weight excluding hydrogens is 200 g/mol. The highest BCUT2D eigenvalue weighted by molar-refractivity contribution is 5.77. The Bertz CT molecular complexity index is 513. The molecule has 0 radical (unpaired) electrons. The van der Waals surface area contributed by atoms with Crippen LogP contribution in [0.2, 0.25) is 0 Å². The van der Waals surface area contributed by atoms with E-state index in [0.717, 1.165) is 11.0 Å². The van der Waals surface area contributed by atoms with Crippen LogP contribution in [0.25, 0.3) is 11.0 Å². The Kier molecular flexibility index (Phi) is 3.58. The Labute approximate surface area is 96.3 Å². The largest absolute Gasteiger partial charge is 0.328 e. The summed E-state index contributed by atoms with van der Waals surface area (Å²) in [5.74, 6) is 0. The van der Waals surface area contributed by atoms with Crippen molar-refractivity contribution in [2.45, 2.75) is 27.7 Å². The molecule has 2 aromatic rings. The molecule has 0 fully saturated rings. The molecule has 0 unspecified atom stereocenters. The van der Waals surface area contributed by atoms with E-state index < -0.39 is 0 Å². The fourth-order valence-electron chi connectivity index (χ4n) is 1.75. The molecule has 1 aromatic carbocycles. The normalized spacial score (nSPS) is 10.1. The zero-order chi connectivity index (χ0) is 12.5. The minimum Gasteiger partial charge on any atom is -0.295 e. The number of aryl methyl sites for hydroxylation is 4. The molecule has 0 amide bonds.